The van der Waals surface area contributed by atoms with E-state index in [1.807, 2.05) is 36.4 Å². The predicted molar refractivity (Wildman–Crippen MR) is 85.9 cm³/mol. The van der Waals surface area contributed by atoms with E-state index in [4.69, 9.17) is 16.7 Å². The SMILES string of the molecule is OCCNc1nc2cc(Cl)ccc2n1Cc1ccccc1. The van der Waals surface area contributed by atoms with E-state index in [9.17, 15) is 0 Å². The van der Waals surface area contributed by atoms with Crippen LogP contribution in [0.5, 0.6) is 0 Å². The van der Waals surface area contributed by atoms with Gasteiger partial charge in [0.1, 0.15) is 0 Å². The van der Waals surface area contributed by atoms with Crippen molar-refractivity contribution in [3.63, 3.8) is 0 Å². The number of halogens is 1. The largest absolute Gasteiger partial charge is 0.395 e. The lowest BCUT2D eigenvalue weighted by atomic mass is 10.2. The number of aliphatic hydroxyl groups excluding tert-OH is 1. The highest BCUT2D eigenvalue weighted by atomic mass is 35.5. The lowest BCUT2D eigenvalue weighted by molar-refractivity contribution is 0.310. The molecule has 2 aromatic carbocycles. The van der Waals surface area contributed by atoms with Gasteiger partial charge in [-0.05, 0) is 23.8 Å². The quantitative estimate of drug-likeness (QED) is 0.761. The van der Waals surface area contributed by atoms with E-state index >= 15 is 0 Å². The Morgan fingerprint density at radius 1 is 1.14 bits per heavy atom. The van der Waals surface area contributed by atoms with Crippen LogP contribution in [0, 0.1) is 0 Å². The molecule has 1 aromatic heterocycles. The van der Waals surface area contributed by atoms with Crippen LogP contribution >= 0.6 is 11.6 Å². The van der Waals surface area contributed by atoms with Crippen molar-refractivity contribution in [2.45, 2.75) is 6.54 Å². The maximum absolute atomic E-state index is 9.01. The van der Waals surface area contributed by atoms with Gasteiger partial charge in [0.15, 0.2) is 0 Å². The Kier molecular flexibility index (Phi) is 4.08. The van der Waals surface area contributed by atoms with Crippen molar-refractivity contribution in [1.82, 2.24) is 9.55 Å². The van der Waals surface area contributed by atoms with Gasteiger partial charge in [0.05, 0.1) is 24.2 Å². The van der Waals surface area contributed by atoms with Gasteiger partial charge in [-0.1, -0.05) is 41.9 Å². The molecule has 3 aromatic rings. The first kappa shape index (κ1) is 13.9. The second kappa shape index (κ2) is 6.16. The number of aromatic nitrogens is 2. The number of hydrogen-bond donors (Lipinski definition) is 2. The molecule has 1 heterocycles. The molecule has 21 heavy (non-hydrogen) atoms. The first-order chi connectivity index (χ1) is 10.3. The fourth-order valence-corrected chi connectivity index (χ4v) is 2.50. The zero-order chi connectivity index (χ0) is 14.7. The number of hydrogen-bond acceptors (Lipinski definition) is 3. The summed E-state index contributed by atoms with van der Waals surface area (Å²) in [7, 11) is 0. The third kappa shape index (κ3) is 3.01. The summed E-state index contributed by atoms with van der Waals surface area (Å²) < 4.78 is 2.09. The molecule has 0 bridgehead atoms. The molecule has 5 heteroatoms. The van der Waals surface area contributed by atoms with Gasteiger partial charge in [-0.2, -0.15) is 0 Å². The van der Waals surface area contributed by atoms with Crippen LogP contribution in [0.1, 0.15) is 5.56 Å². The minimum absolute atomic E-state index is 0.0648. The van der Waals surface area contributed by atoms with Gasteiger partial charge in [-0.25, -0.2) is 4.98 Å². The topological polar surface area (TPSA) is 50.1 Å². The molecule has 0 unspecified atom stereocenters. The highest BCUT2D eigenvalue weighted by molar-refractivity contribution is 6.31. The number of aliphatic hydroxyl groups is 1. The van der Waals surface area contributed by atoms with E-state index in [-0.39, 0.29) is 6.61 Å². The van der Waals surface area contributed by atoms with Crippen molar-refractivity contribution in [2.75, 3.05) is 18.5 Å². The highest BCUT2D eigenvalue weighted by Gasteiger charge is 2.11. The fourth-order valence-electron chi connectivity index (χ4n) is 2.33. The summed E-state index contributed by atoms with van der Waals surface area (Å²) in [6, 6.07) is 15.9. The molecule has 0 aliphatic heterocycles. The molecular formula is C16H16ClN3O. The minimum atomic E-state index is 0.0648. The molecule has 0 atom stereocenters. The van der Waals surface area contributed by atoms with Gasteiger partial charge in [0, 0.05) is 11.6 Å². The Morgan fingerprint density at radius 3 is 2.71 bits per heavy atom. The Hall–Kier alpha value is -2.04. The van der Waals surface area contributed by atoms with Crippen LogP contribution in [0.4, 0.5) is 5.95 Å². The van der Waals surface area contributed by atoms with Gasteiger partial charge in [0.25, 0.3) is 0 Å². The fraction of sp³-hybridized carbons (Fsp3) is 0.188. The van der Waals surface area contributed by atoms with E-state index < -0.39 is 0 Å². The summed E-state index contributed by atoms with van der Waals surface area (Å²) in [6.07, 6.45) is 0. The van der Waals surface area contributed by atoms with Crippen LogP contribution < -0.4 is 5.32 Å². The Labute approximate surface area is 128 Å². The second-order valence-corrected chi connectivity index (χ2v) is 5.23. The first-order valence-corrected chi connectivity index (χ1v) is 7.20. The number of fused-ring (bicyclic) bond motifs is 1. The minimum Gasteiger partial charge on any atom is -0.395 e. The average Bonchev–Trinajstić information content (AvgIpc) is 2.83. The molecule has 0 saturated carbocycles. The van der Waals surface area contributed by atoms with Crippen LogP contribution in [-0.4, -0.2) is 27.8 Å². The summed E-state index contributed by atoms with van der Waals surface area (Å²) >= 11 is 6.04. The van der Waals surface area contributed by atoms with Gasteiger partial charge in [-0.15, -0.1) is 0 Å². The molecule has 0 amide bonds. The zero-order valence-corrected chi connectivity index (χ0v) is 12.2. The van der Waals surface area contributed by atoms with Gasteiger partial charge in [0.2, 0.25) is 5.95 Å². The van der Waals surface area contributed by atoms with E-state index in [1.165, 1.54) is 5.56 Å². The zero-order valence-electron chi connectivity index (χ0n) is 11.5. The molecule has 3 rings (SSSR count). The van der Waals surface area contributed by atoms with E-state index in [0.717, 1.165) is 17.0 Å². The molecular weight excluding hydrogens is 286 g/mol. The number of anilines is 1. The number of nitrogens with one attached hydrogen (secondary N) is 1. The number of nitrogens with zero attached hydrogens (tertiary/aromatic N) is 2. The molecule has 0 fully saturated rings. The Bertz CT molecular complexity index is 740. The van der Waals surface area contributed by atoms with Gasteiger partial charge >= 0.3 is 0 Å². The van der Waals surface area contributed by atoms with E-state index in [1.54, 1.807) is 0 Å². The summed E-state index contributed by atoms with van der Waals surface area (Å²) in [5.41, 5.74) is 3.06. The monoisotopic (exact) mass is 301 g/mol. The van der Waals surface area contributed by atoms with Crippen molar-refractivity contribution in [2.24, 2.45) is 0 Å². The van der Waals surface area contributed by atoms with Crippen LogP contribution in [0.15, 0.2) is 48.5 Å². The van der Waals surface area contributed by atoms with E-state index in [2.05, 4.69) is 27.0 Å². The van der Waals surface area contributed by atoms with Crippen LogP contribution in [0.3, 0.4) is 0 Å². The molecule has 0 radical (unpaired) electrons. The van der Waals surface area contributed by atoms with Crippen LogP contribution in [0.25, 0.3) is 11.0 Å². The summed E-state index contributed by atoms with van der Waals surface area (Å²) in [6.45, 7) is 1.24. The third-order valence-electron chi connectivity index (χ3n) is 3.29. The summed E-state index contributed by atoms with van der Waals surface area (Å²) in [5.74, 6) is 0.741. The molecule has 4 nitrogen and oxygen atoms in total. The summed E-state index contributed by atoms with van der Waals surface area (Å²) in [5, 5.41) is 12.8. The first-order valence-electron chi connectivity index (χ1n) is 6.82. The molecule has 0 saturated heterocycles. The molecule has 0 aliphatic rings. The lowest BCUT2D eigenvalue weighted by Gasteiger charge is -2.10. The van der Waals surface area contributed by atoms with E-state index in [0.29, 0.717) is 18.1 Å². The van der Waals surface area contributed by atoms with Crippen LogP contribution in [-0.2, 0) is 6.54 Å². The van der Waals surface area contributed by atoms with Crippen molar-refractivity contribution in [3.8, 4) is 0 Å². The number of imidazole rings is 1. The highest BCUT2D eigenvalue weighted by Crippen LogP contribution is 2.24. The van der Waals surface area contributed by atoms with Gasteiger partial charge in [-0.3, -0.25) is 0 Å². The van der Waals surface area contributed by atoms with Crippen molar-refractivity contribution in [3.05, 3.63) is 59.1 Å². The smallest absolute Gasteiger partial charge is 0.204 e. The maximum Gasteiger partial charge on any atom is 0.204 e. The number of rotatable bonds is 5. The third-order valence-corrected chi connectivity index (χ3v) is 3.52. The average molecular weight is 302 g/mol. The van der Waals surface area contributed by atoms with Crippen molar-refractivity contribution < 1.29 is 5.11 Å². The van der Waals surface area contributed by atoms with Gasteiger partial charge < -0.3 is 15.0 Å². The Balaban J connectivity index is 2.04. The Morgan fingerprint density at radius 2 is 1.95 bits per heavy atom. The molecule has 0 aliphatic carbocycles. The normalized spacial score (nSPS) is 11.0. The maximum atomic E-state index is 9.01. The molecule has 0 spiro atoms. The molecule has 2 N–H and O–H groups in total. The molecule has 108 valence electrons. The standard InChI is InChI=1S/C16H16ClN3O/c17-13-6-7-15-14(10-13)19-16(18-8-9-21)20(15)11-12-4-2-1-3-5-12/h1-7,10,21H,8-9,11H2,(H,18,19). The second-order valence-electron chi connectivity index (χ2n) is 4.79. The number of benzene rings is 2. The summed E-state index contributed by atoms with van der Waals surface area (Å²) in [4.78, 5) is 4.56. The lowest BCUT2D eigenvalue weighted by Crippen LogP contribution is -2.12. The van der Waals surface area contributed by atoms with Crippen molar-refractivity contribution >= 4 is 28.6 Å². The van der Waals surface area contributed by atoms with Crippen molar-refractivity contribution in [1.29, 1.82) is 0 Å². The predicted octanol–water partition coefficient (Wildman–Crippen LogP) is 3.14. The van der Waals surface area contributed by atoms with Crippen LogP contribution in [0.2, 0.25) is 5.02 Å².